The smallest absolute Gasteiger partial charge is 0.267 e. The van der Waals surface area contributed by atoms with Crippen molar-refractivity contribution in [1.29, 1.82) is 0 Å². The van der Waals surface area contributed by atoms with Gasteiger partial charge in [-0.05, 0) is 18.0 Å². The lowest BCUT2D eigenvalue weighted by atomic mass is 10.2. The molecule has 0 aromatic carbocycles. The van der Waals surface area contributed by atoms with E-state index in [2.05, 4.69) is 14.6 Å². The van der Waals surface area contributed by atoms with Gasteiger partial charge in [-0.3, -0.25) is 9.59 Å². The minimum Gasteiger partial charge on any atom is -0.364 e. The summed E-state index contributed by atoms with van der Waals surface area (Å²) >= 11 is 1.11. The number of imidazole rings is 1. The molecule has 3 heterocycles. The molecule has 0 fully saturated rings. The zero-order valence-corrected chi connectivity index (χ0v) is 12.3. The van der Waals surface area contributed by atoms with Crippen molar-refractivity contribution in [3.05, 3.63) is 28.3 Å². The van der Waals surface area contributed by atoms with Gasteiger partial charge >= 0.3 is 0 Å². The van der Waals surface area contributed by atoms with Crippen LogP contribution >= 0.6 is 11.5 Å². The number of aromatic nitrogens is 4. The fourth-order valence-electron chi connectivity index (χ4n) is 2.38. The van der Waals surface area contributed by atoms with E-state index in [1.54, 1.807) is 9.47 Å². The van der Waals surface area contributed by atoms with Crippen LogP contribution in [0.3, 0.4) is 0 Å². The van der Waals surface area contributed by atoms with Gasteiger partial charge in [-0.15, -0.1) is 5.10 Å². The van der Waals surface area contributed by atoms with E-state index in [1.807, 2.05) is 6.92 Å². The van der Waals surface area contributed by atoms with Crippen LogP contribution in [0.25, 0.3) is 0 Å². The molecule has 2 amide bonds. The van der Waals surface area contributed by atoms with Crippen molar-refractivity contribution in [3.8, 4) is 0 Å². The molecule has 0 radical (unpaired) electrons. The van der Waals surface area contributed by atoms with E-state index in [1.165, 1.54) is 6.20 Å². The zero-order chi connectivity index (χ0) is 15.0. The van der Waals surface area contributed by atoms with Crippen molar-refractivity contribution in [2.45, 2.75) is 26.4 Å². The summed E-state index contributed by atoms with van der Waals surface area (Å²) in [5.74, 6) is 0.0732. The maximum atomic E-state index is 12.5. The number of carbonyl (C=O) groups excluding carboxylic acids is 2. The molecule has 21 heavy (non-hydrogen) atoms. The summed E-state index contributed by atoms with van der Waals surface area (Å²) in [4.78, 5) is 30.3. The highest BCUT2D eigenvalue weighted by molar-refractivity contribution is 7.08. The molecule has 1 aliphatic rings. The molecule has 0 bridgehead atoms. The number of fused-ring (bicyclic) bond motifs is 1. The van der Waals surface area contributed by atoms with Crippen LogP contribution in [0.5, 0.6) is 0 Å². The maximum absolute atomic E-state index is 12.5. The average molecular weight is 306 g/mol. The van der Waals surface area contributed by atoms with Gasteiger partial charge in [0.1, 0.15) is 16.4 Å². The SMILES string of the molecule is CCc1nnsc1C(=O)N1CCn2c(C(N)=O)cnc2C1. The summed E-state index contributed by atoms with van der Waals surface area (Å²) in [6, 6.07) is 0. The second-order valence-electron chi connectivity index (χ2n) is 4.70. The number of carbonyl (C=O) groups is 2. The molecule has 110 valence electrons. The van der Waals surface area contributed by atoms with Crippen molar-refractivity contribution in [1.82, 2.24) is 24.0 Å². The summed E-state index contributed by atoms with van der Waals surface area (Å²) in [6.07, 6.45) is 2.13. The molecule has 3 rings (SSSR count). The average Bonchev–Trinajstić information content (AvgIpc) is 3.11. The van der Waals surface area contributed by atoms with Crippen molar-refractivity contribution in [2.24, 2.45) is 5.73 Å². The topological polar surface area (TPSA) is 107 Å². The largest absolute Gasteiger partial charge is 0.364 e. The molecule has 2 aromatic heterocycles. The predicted molar refractivity (Wildman–Crippen MR) is 74.8 cm³/mol. The summed E-state index contributed by atoms with van der Waals surface area (Å²) in [5.41, 5.74) is 6.40. The van der Waals surface area contributed by atoms with Crippen molar-refractivity contribution >= 4 is 23.3 Å². The Kier molecular flexibility index (Phi) is 3.42. The number of primary amides is 1. The first kappa shape index (κ1) is 13.7. The Labute approximate surface area is 124 Å². The lowest BCUT2D eigenvalue weighted by Gasteiger charge is -2.27. The van der Waals surface area contributed by atoms with E-state index in [0.29, 0.717) is 42.5 Å². The molecule has 0 unspecified atom stereocenters. The first-order valence-corrected chi connectivity index (χ1v) is 7.33. The van der Waals surface area contributed by atoms with E-state index in [0.717, 1.165) is 17.2 Å². The van der Waals surface area contributed by atoms with Crippen LogP contribution < -0.4 is 5.73 Å². The van der Waals surface area contributed by atoms with E-state index >= 15 is 0 Å². The monoisotopic (exact) mass is 306 g/mol. The molecule has 1 aliphatic heterocycles. The van der Waals surface area contributed by atoms with E-state index in [9.17, 15) is 9.59 Å². The number of nitrogens with two attached hydrogens (primary N) is 1. The van der Waals surface area contributed by atoms with Crippen LogP contribution in [-0.2, 0) is 19.5 Å². The lowest BCUT2D eigenvalue weighted by molar-refractivity contribution is 0.0710. The van der Waals surface area contributed by atoms with Crippen LogP contribution in [0.4, 0.5) is 0 Å². The minimum absolute atomic E-state index is 0.0864. The molecule has 8 nitrogen and oxygen atoms in total. The Bertz CT molecular complexity index is 706. The number of aryl methyl sites for hydroxylation is 1. The zero-order valence-electron chi connectivity index (χ0n) is 11.4. The molecule has 2 aromatic rings. The second-order valence-corrected chi connectivity index (χ2v) is 5.46. The van der Waals surface area contributed by atoms with Crippen LogP contribution in [0, 0.1) is 0 Å². The standard InChI is InChI=1S/C12H14N6O2S/c1-2-7-10(21-16-15-7)12(20)17-3-4-18-8(11(13)19)5-14-9(18)6-17/h5H,2-4,6H2,1H3,(H2,13,19). The third kappa shape index (κ3) is 2.29. The fraction of sp³-hybridized carbons (Fsp3) is 0.417. The highest BCUT2D eigenvalue weighted by Gasteiger charge is 2.27. The minimum atomic E-state index is -0.506. The van der Waals surface area contributed by atoms with Gasteiger partial charge in [-0.25, -0.2) is 4.98 Å². The third-order valence-corrected chi connectivity index (χ3v) is 4.24. The molecule has 0 atom stereocenters. The van der Waals surface area contributed by atoms with Gasteiger partial charge in [0.2, 0.25) is 0 Å². The molecule has 9 heteroatoms. The number of hydrogen-bond donors (Lipinski definition) is 1. The molecule has 0 aliphatic carbocycles. The van der Waals surface area contributed by atoms with Gasteiger partial charge in [0, 0.05) is 13.1 Å². The van der Waals surface area contributed by atoms with Crippen LogP contribution in [-0.4, -0.2) is 42.4 Å². The number of amides is 2. The van der Waals surface area contributed by atoms with Gasteiger partial charge in [0.15, 0.2) is 0 Å². The Hall–Kier alpha value is -2.29. The summed E-state index contributed by atoms with van der Waals surface area (Å²) in [6.45, 7) is 3.30. The van der Waals surface area contributed by atoms with Crippen molar-refractivity contribution in [2.75, 3.05) is 6.54 Å². The van der Waals surface area contributed by atoms with Crippen molar-refractivity contribution < 1.29 is 9.59 Å². The second kappa shape index (κ2) is 5.24. The number of rotatable bonds is 3. The van der Waals surface area contributed by atoms with E-state index < -0.39 is 5.91 Å². The summed E-state index contributed by atoms with van der Waals surface area (Å²) in [5, 5.41) is 3.96. The highest BCUT2D eigenvalue weighted by Crippen LogP contribution is 2.19. The van der Waals surface area contributed by atoms with Gasteiger partial charge in [0.25, 0.3) is 11.8 Å². The van der Waals surface area contributed by atoms with Gasteiger partial charge < -0.3 is 15.2 Å². The Morgan fingerprint density at radius 3 is 2.95 bits per heavy atom. The highest BCUT2D eigenvalue weighted by atomic mass is 32.1. The lowest BCUT2D eigenvalue weighted by Crippen LogP contribution is -2.39. The fourth-order valence-corrected chi connectivity index (χ4v) is 3.09. The third-order valence-electron chi connectivity index (χ3n) is 3.49. The van der Waals surface area contributed by atoms with E-state index in [4.69, 9.17) is 5.73 Å². The van der Waals surface area contributed by atoms with Crippen LogP contribution in [0.1, 0.15) is 38.6 Å². The van der Waals surface area contributed by atoms with Gasteiger partial charge in [0.05, 0.1) is 18.4 Å². The predicted octanol–water partition coefficient (Wildman–Crippen LogP) is 0.0519. The molecule has 2 N–H and O–H groups in total. The Morgan fingerprint density at radius 1 is 1.43 bits per heavy atom. The van der Waals surface area contributed by atoms with E-state index in [-0.39, 0.29) is 5.91 Å². The normalized spacial score (nSPS) is 14.0. The van der Waals surface area contributed by atoms with Gasteiger partial charge in [-0.1, -0.05) is 11.4 Å². The number of hydrogen-bond acceptors (Lipinski definition) is 6. The molecular formula is C12H14N6O2S. The molecular weight excluding hydrogens is 292 g/mol. The van der Waals surface area contributed by atoms with Crippen molar-refractivity contribution in [3.63, 3.8) is 0 Å². The molecule has 0 spiro atoms. The Morgan fingerprint density at radius 2 is 2.24 bits per heavy atom. The van der Waals surface area contributed by atoms with Crippen LogP contribution in [0.15, 0.2) is 6.20 Å². The summed E-state index contributed by atoms with van der Waals surface area (Å²) in [7, 11) is 0. The van der Waals surface area contributed by atoms with Gasteiger partial charge in [-0.2, -0.15) is 0 Å². The Balaban J connectivity index is 1.83. The maximum Gasteiger partial charge on any atom is 0.267 e. The first-order chi connectivity index (χ1) is 10.1. The number of nitrogens with zero attached hydrogens (tertiary/aromatic N) is 5. The quantitative estimate of drug-likeness (QED) is 0.862. The summed E-state index contributed by atoms with van der Waals surface area (Å²) < 4.78 is 5.60. The molecule has 0 saturated heterocycles. The molecule has 0 saturated carbocycles. The first-order valence-electron chi connectivity index (χ1n) is 6.56. The van der Waals surface area contributed by atoms with Crippen LogP contribution in [0.2, 0.25) is 0 Å².